The fourth-order valence-electron chi connectivity index (χ4n) is 2.53. The second kappa shape index (κ2) is 5.88. The van der Waals surface area contributed by atoms with Gasteiger partial charge in [0.15, 0.2) is 5.17 Å². The Morgan fingerprint density at radius 3 is 2.96 bits per heavy atom. The van der Waals surface area contributed by atoms with E-state index in [0.717, 1.165) is 29.5 Å². The standard InChI is InChI=1S/C15H14N6OS/c22-14(7-20-10-16-9-18-20)19-12-3-1-11(2-4-12)13-8-23-15-17-5-6-21(13)15/h1-4,8-10H,5-7H2,(H,19,22). The summed E-state index contributed by atoms with van der Waals surface area (Å²) in [7, 11) is 0. The first-order chi connectivity index (χ1) is 11.3. The number of hydrogen-bond acceptors (Lipinski definition) is 6. The van der Waals surface area contributed by atoms with Crippen LogP contribution in [0.15, 0.2) is 47.3 Å². The summed E-state index contributed by atoms with van der Waals surface area (Å²) >= 11 is 1.66. The number of benzene rings is 1. The Morgan fingerprint density at radius 1 is 1.30 bits per heavy atom. The highest BCUT2D eigenvalue weighted by molar-refractivity contribution is 8.16. The molecule has 1 aromatic heterocycles. The summed E-state index contributed by atoms with van der Waals surface area (Å²) < 4.78 is 1.48. The first-order valence-corrected chi connectivity index (χ1v) is 8.09. The van der Waals surface area contributed by atoms with Gasteiger partial charge in [0.2, 0.25) is 5.91 Å². The molecule has 3 heterocycles. The Hall–Kier alpha value is -2.61. The third-order valence-corrected chi connectivity index (χ3v) is 4.51. The molecule has 2 aliphatic rings. The molecular weight excluding hydrogens is 312 g/mol. The molecule has 0 unspecified atom stereocenters. The predicted octanol–water partition coefficient (Wildman–Crippen LogP) is 1.63. The number of nitrogens with one attached hydrogen (secondary N) is 1. The van der Waals surface area contributed by atoms with Crippen LogP contribution in [-0.2, 0) is 11.3 Å². The number of hydrogen-bond donors (Lipinski definition) is 1. The zero-order chi connectivity index (χ0) is 15.6. The van der Waals surface area contributed by atoms with Gasteiger partial charge in [-0.3, -0.25) is 9.79 Å². The van der Waals surface area contributed by atoms with E-state index in [1.54, 1.807) is 11.8 Å². The molecule has 0 bridgehead atoms. The van der Waals surface area contributed by atoms with Crippen LogP contribution in [0.4, 0.5) is 5.69 Å². The second-order valence-electron chi connectivity index (χ2n) is 5.16. The predicted molar refractivity (Wildman–Crippen MR) is 89.7 cm³/mol. The highest BCUT2D eigenvalue weighted by Crippen LogP contribution is 2.35. The van der Waals surface area contributed by atoms with Gasteiger partial charge in [-0.15, -0.1) is 0 Å². The number of thioether (sulfide) groups is 1. The highest BCUT2D eigenvalue weighted by Gasteiger charge is 2.26. The van der Waals surface area contributed by atoms with Crippen molar-refractivity contribution in [1.82, 2.24) is 19.7 Å². The molecule has 1 aromatic carbocycles. The molecule has 0 aliphatic carbocycles. The van der Waals surface area contributed by atoms with E-state index in [2.05, 4.69) is 30.7 Å². The van der Waals surface area contributed by atoms with Gasteiger partial charge >= 0.3 is 0 Å². The number of amidine groups is 1. The summed E-state index contributed by atoms with van der Waals surface area (Å²) in [5.74, 6) is -0.132. The van der Waals surface area contributed by atoms with Gasteiger partial charge in [0.05, 0.1) is 12.2 Å². The van der Waals surface area contributed by atoms with Crippen molar-refractivity contribution in [3.63, 3.8) is 0 Å². The summed E-state index contributed by atoms with van der Waals surface area (Å²) in [6, 6.07) is 7.84. The van der Waals surface area contributed by atoms with E-state index in [1.807, 2.05) is 24.3 Å². The molecule has 23 heavy (non-hydrogen) atoms. The Kier molecular flexibility index (Phi) is 3.58. The lowest BCUT2D eigenvalue weighted by atomic mass is 10.1. The number of rotatable bonds is 4. The van der Waals surface area contributed by atoms with Gasteiger partial charge in [0.1, 0.15) is 19.2 Å². The maximum Gasteiger partial charge on any atom is 0.246 e. The smallest absolute Gasteiger partial charge is 0.246 e. The van der Waals surface area contributed by atoms with Gasteiger partial charge in [-0.2, -0.15) is 5.10 Å². The lowest BCUT2D eigenvalue weighted by Gasteiger charge is -2.16. The SMILES string of the molecule is O=C(Cn1cncn1)Nc1ccc(C2=CSC3=NCCN23)cc1. The van der Waals surface area contributed by atoms with Crippen molar-refractivity contribution in [2.24, 2.45) is 4.99 Å². The monoisotopic (exact) mass is 326 g/mol. The van der Waals surface area contributed by atoms with Crippen LogP contribution in [0.5, 0.6) is 0 Å². The van der Waals surface area contributed by atoms with E-state index in [0.29, 0.717) is 0 Å². The minimum atomic E-state index is -0.132. The molecule has 116 valence electrons. The molecule has 2 aromatic rings. The molecule has 0 atom stereocenters. The minimum Gasteiger partial charge on any atom is -0.324 e. The van der Waals surface area contributed by atoms with Crippen LogP contribution in [0.1, 0.15) is 5.56 Å². The lowest BCUT2D eigenvalue weighted by molar-refractivity contribution is -0.116. The van der Waals surface area contributed by atoms with Crippen LogP contribution in [0.25, 0.3) is 5.70 Å². The normalized spacial score (nSPS) is 16.1. The van der Waals surface area contributed by atoms with Crippen LogP contribution in [0.2, 0.25) is 0 Å². The first kappa shape index (κ1) is 14.0. The Morgan fingerprint density at radius 2 is 2.17 bits per heavy atom. The van der Waals surface area contributed by atoms with E-state index in [4.69, 9.17) is 0 Å². The molecular formula is C15H14N6OS. The summed E-state index contributed by atoms with van der Waals surface area (Å²) in [5.41, 5.74) is 3.06. The third-order valence-electron chi connectivity index (χ3n) is 3.60. The van der Waals surface area contributed by atoms with Crippen LogP contribution in [-0.4, -0.2) is 43.8 Å². The molecule has 1 N–H and O–H groups in total. The molecule has 0 spiro atoms. The molecule has 8 heteroatoms. The van der Waals surface area contributed by atoms with Gasteiger partial charge in [-0.25, -0.2) is 9.67 Å². The molecule has 0 saturated carbocycles. The fourth-order valence-corrected chi connectivity index (χ4v) is 3.50. The van der Waals surface area contributed by atoms with E-state index in [-0.39, 0.29) is 12.5 Å². The topological polar surface area (TPSA) is 75.4 Å². The van der Waals surface area contributed by atoms with Crippen molar-refractivity contribution in [2.75, 3.05) is 18.4 Å². The number of nitrogens with zero attached hydrogens (tertiary/aromatic N) is 5. The Labute approximate surface area is 137 Å². The van der Waals surface area contributed by atoms with Gasteiger partial charge < -0.3 is 10.2 Å². The zero-order valence-electron chi connectivity index (χ0n) is 12.2. The molecule has 4 rings (SSSR count). The van der Waals surface area contributed by atoms with Gasteiger partial charge in [0.25, 0.3) is 0 Å². The van der Waals surface area contributed by atoms with Crippen molar-refractivity contribution in [3.8, 4) is 0 Å². The van der Waals surface area contributed by atoms with Crippen LogP contribution >= 0.6 is 11.8 Å². The number of amides is 1. The number of fused-ring (bicyclic) bond motifs is 1. The van der Waals surface area contributed by atoms with Crippen molar-refractivity contribution in [2.45, 2.75) is 6.54 Å². The maximum absolute atomic E-state index is 11.9. The third kappa shape index (κ3) is 2.85. The van der Waals surface area contributed by atoms with Crippen molar-refractivity contribution < 1.29 is 4.79 Å². The average Bonchev–Trinajstić information content (AvgIpc) is 3.25. The van der Waals surface area contributed by atoms with Gasteiger partial charge in [-0.05, 0) is 17.7 Å². The molecule has 7 nitrogen and oxygen atoms in total. The van der Waals surface area contributed by atoms with Crippen molar-refractivity contribution in [1.29, 1.82) is 0 Å². The Bertz CT molecular complexity index is 781. The minimum absolute atomic E-state index is 0.132. The molecule has 2 aliphatic heterocycles. The summed E-state index contributed by atoms with van der Waals surface area (Å²) in [6.07, 6.45) is 2.92. The van der Waals surface area contributed by atoms with Crippen molar-refractivity contribution >= 4 is 34.2 Å². The molecule has 1 amide bonds. The van der Waals surface area contributed by atoms with E-state index >= 15 is 0 Å². The van der Waals surface area contributed by atoms with E-state index in [9.17, 15) is 4.79 Å². The average molecular weight is 326 g/mol. The van der Waals surface area contributed by atoms with E-state index in [1.165, 1.54) is 23.0 Å². The number of anilines is 1. The van der Waals surface area contributed by atoms with Gasteiger partial charge in [-0.1, -0.05) is 23.9 Å². The second-order valence-corrected chi connectivity index (χ2v) is 5.99. The first-order valence-electron chi connectivity index (χ1n) is 7.21. The summed E-state index contributed by atoms with van der Waals surface area (Å²) in [6.45, 7) is 1.94. The lowest BCUT2D eigenvalue weighted by Crippen LogP contribution is -2.20. The molecule has 0 radical (unpaired) electrons. The number of carbonyl (C=O) groups is 1. The van der Waals surface area contributed by atoms with Crippen molar-refractivity contribution in [3.05, 3.63) is 47.9 Å². The Balaban J connectivity index is 1.42. The maximum atomic E-state index is 11.9. The number of aromatic nitrogens is 3. The largest absolute Gasteiger partial charge is 0.324 e. The number of carbonyl (C=O) groups excluding carboxylic acids is 1. The zero-order valence-corrected chi connectivity index (χ0v) is 13.0. The summed E-state index contributed by atoms with van der Waals surface area (Å²) in [4.78, 5) is 22.4. The fraction of sp³-hybridized carbons (Fsp3) is 0.200. The number of aliphatic imine (C=N–C) groups is 1. The molecule has 0 fully saturated rings. The van der Waals surface area contributed by atoms with E-state index < -0.39 is 0 Å². The summed E-state index contributed by atoms with van der Waals surface area (Å²) in [5, 5.41) is 9.96. The van der Waals surface area contributed by atoms with Crippen LogP contribution in [0.3, 0.4) is 0 Å². The quantitative estimate of drug-likeness (QED) is 0.924. The van der Waals surface area contributed by atoms with Crippen LogP contribution in [0, 0.1) is 0 Å². The highest BCUT2D eigenvalue weighted by atomic mass is 32.2. The van der Waals surface area contributed by atoms with Gasteiger partial charge in [0, 0.05) is 17.6 Å². The van der Waals surface area contributed by atoms with Crippen LogP contribution < -0.4 is 5.32 Å². The molecule has 0 saturated heterocycles.